The molecular weight excluding hydrogens is 272 g/mol. The van der Waals surface area contributed by atoms with Crippen molar-refractivity contribution in [3.63, 3.8) is 0 Å². The molecule has 1 saturated heterocycles. The monoisotopic (exact) mass is 294 g/mol. The van der Waals surface area contributed by atoms with Crippen molar-refractivity contribution in [1.82, 2.24) is 5.32 Å². The Kier molecular flexibility index (Phi) is 3.51. The molecule has 22 heavy (non-hydrogen) atoms. The smallest absolute Gasteiger partial charge is 0.118 e. The van der Waals surface area contributed by atoms with E-state index in [4.69, 9.17) is 4.74 Å². The highest BCUT2D eigenvalue weighted by molar-refractivity contribution is 5.78. The van der Waals surface area contributed by atoms with E-state index in [1.807, 2.05) is 12.1 Å². The first-order valence-electron chi connectivity index (χ1n) is 8.11. The van der Waals surface area contributed by atoms with Crippen LogP contribution in [-0.4, -0.2) is 26.2 Å². The van der Waals surface area contributed by atoms with E-state index < -0.39 is 0 Å². The van der Waals surface area contributed by atoms with Gasteiger partial charge in [0.25, 0.3) is 0 Å². The maximum Gasteiger partial charge on any atom is 0.118 e. The van der Waals surface area contributed by atoms with E-state index in [0.717, 1.165) is 18.8 Å². The van der Waals surface area contributed by atoms with Crippen LogP contribution in [0.4, 0.5) is 5.69 Å². The standard InChI is InChI=1S/C19H22N2O/c1-22-14-7-5-13(6-8-14)15-3-2-4-18-19(15)16-9-11-20-12-10-17(16)21-18/h2-8,16-17,20-21H,9-12H2,1H3/t16-,17+/m1/s1. The second-order valence-corrected chi connectivity index (χ2v) is 6.18. The van der Waals surface area contributed by atoms with Crippen LogP contribution in [0.15, 0.2) is 42.5 Å². The number of nitrogens with one attached hydrogen (secondary N) is 2. The molecule has 114 valence electrons. The highest BCUT2D eigenvalue weighted by Gasteiger charge is 2.34. The van der Waals surface area contributed by atoms with Crippen molar-refractivity contribution < 1.29 is 4.74 Å². The maximum absolute atomic E-state index is 5.28. The molecule has 2 N–H and O–H groups in total. The molecule has 0 aromatic heterocycles. The number of hydrogen-bond acceptors (Lipinski definition) is 3. The van der Waals surface area contributed by atoms with E-state index in [1.54, 1.807) is 7.11 Å². The average Bonchev–Trinajstić information content (AvgIpc) is 2.76. The predicted octanol–water partition coefficient (Wildman–Crippen LogP) is 3.62. The first-order valence-corrected chi connectivity index (χ1v) is 8.11. The predicted molar refractivity (Wildman–Crippen MR) is 90.7 cm³/mol. The quantitative estimate of drug-likeness (QED) is 0.887. The van der Waals surface area contributed by atoms with Crippen LogP contribution in [0.25, 0.3) is 11.1 Å². The van der Waals surface area contributed by atoms with Crippen molar-refractivity contribution in [1.29, 1.82) is 0 Å². The lowest BCUT2D eigenvalue weighted by Gasteiger charge is -2.18. The van der Waals surface area contributed by atoms with Gasteiger partial charge in [0, 0.05) is 17.6 Å². The number of fused-ring (bicyclic) bond motifs is 3. The van der Waals surface area contributed by atoms with Gasteiger partial charge in [0.1, 0.15) is 5.75 Å². The summed E-state index contributed by atoms with van der Waals surface area (Å²) in [6.07, 6.45) is 2.40. The van der Waals surface area contributed by atoms with Crippen molar-refractivity contribution in [3.8, 4) is 16.9 Å². The Hall–Kier alpha value is -2.00. The summed E-state index contributed by atoms with van der Waals surface area (Å²) in [5.74, 6) is 1.52. The summed E-state index contributed by atoms with van der Waals surface area (Å²) < 4.78 is 5.28. The lowest BCUT2D eigenvalue weighted by molar-refractivity contribution is 0.415. The number of rotatable bonds is 2. The molecule has 0 aliphatic carbocycles. The Bertz CT molecular complexity index is 666. The summed E-state index contributed by atoms with van der Waals surface area (Å²) in [4.78, 5) is 0. The van der Waals surface area contributed by atoms with E-state index >= 15 is 0 Å². The fourth-order valence-corrected chi connectivity index (χ4v) is 3.87. The third-order valence-electron chi connectivity index (χ3n) is 4.97. The van der Waals surface area contributed by atoms with Crippen molar-refractivity contribution >= 4 is 5.69 Å². The molecule has 0 amide bonds. The lowest BCUT2D eigenvalue weighted by Crippen LogP contribution is -2.21. The molecule has 0 unspecified atom stereocenters. The van der Waals surface area contributed by atoms with E-state index in [2.05, 4.69) is 41.0 Å². The van der Waals surface area contributed by atoms with Gasteiger partial charge in [-0.1, -0.05) is 24.3 Å². The minimum absolute atomic E-state index is 0.574. The zero-order valence-electron chi connectivity index (χ0n) is 12.9. The van der Waals surface area contributed by atoms with Crippen molar-refractivity contribution in [2.75, 3.05) is 25.5 Å². The van der Waals surface area contributed by atoms with Crippen molar-refractivity contribution in [2.24, 2.45) is 0 Å². The molecule has 0 spiro atoms. The Morgan fingerprint density at radius 2 is 1.82 bits per heavy atom. The van der Waals surface area contributed by atoms with Crippen LogP contribution in [-0.2, 0) is 0 Å². The van der Waals surface area contributed by atoms with Gasteiger partial charge in [-0.05, 0) is 60.8 Å². The van der Waals surface area contributed by atoms with Crippen LogP contribution < -0.4 is 15.4 Å². The summed E-state index contributed by atoms with van der Waals surface area (Å²) in [5.41, 5.74) is 5.46. The molecule has 2 aromatic rings. The van der Waals surface area contributed by atoms with E-state index in [-0.39, 0.29) is 0 Å². The van der Waals surface area contributed by atoms with E-state index in [0.29, 0.717) is 12.0 Å². The van der Waals surface area contributed by atoms with Gasteiger partial charge < -0.3 is 15.4 Å². The molecule has 0 radical (unpaired) electrons. The number of methoxy groups -OCH3 is 1. The van der Waals surface area contributed by atoms with Crippen LogP contribution in [0.3, 0.4) is 0 Å². The van der Waals surface area contributed by atoms with Gasteiger partial charge in [0.15, 0.2) is 0 Å². The zero-order chi connectivity index (χ0) is 14.9. The average molecular weight is 294 g/mol. The minimum atomic E-state index is 0.574. The van der Waals surface area contributed by atoms with E-state index in [1.165, 1.54) is 35.2 Å². The maximum atomic E-state index is 5.28. The largest absolute Gasteiger partial charge is 0.497 e. The van der Waals surface area contributed by atoms with Crippen LogP contribution in [0.5, 0.6) is 5.75 Å². The molecule has 0 bridgehead atoms. The summed E-state index contributed by atoms with van der Waals surface area (Å²) in [5, 5.41) is 7.27. The molecule has 4 rings (SSSR count). The Balaban J connectivity index is 1.77. The highest BCUT2D eigenvalue weighted by Crippen LogP contribution is 2.45. The summed E-state index contributed by atoms with van der Waals surface area (Å²) in [6, 6.07) is 15.6. The molecule has 3 nitrogen and oxygen atoms in total. The molecule has 2 heterocycles. The first-order chi connectivity index (χ1) is 10.9. The van der Waals surface area contributed by atoms with Gasteiger partial charge in [-0.25, -0.2) is 0 Å². The van der Waals surface area contributed by atoms with Crippen LogP contribution in [0.2, 0.25) is 0 Å². The van der Waals surface area contributed by atoms with Gasteiger partial charge >= 0.3 is 0 Å². The number of anilines is 1. The Labute approximate surface area is 131 Å². The van der Waals surface area contributed by atoms with Crippen LogP contribution in [0.1, 0.15) is 24.3 Å². The molecular formula is C19H22N2O. The minimum Gasteiger partial charge on any atom is -0.497 e. The second-order valence-electron chi connectivity index (χ2n) is 6.18. The molecule has 2 aliphatic rings. The summed E-state index contributed by atoms with van der Waals surface area (Å²) in [7, 11) is 1.71. The second kappa shape index (κ2) is 5.65. The first kappa shape index (κ1) is 13.6. The lowest BCUT2D eigenvalue weighted by atomic mass is 9.86. The van der Waals surface area contributed by atoms with Gasteiger partial charge in [-0.2, -0.15) is 0 Å². The zero-order valence-corrected chi connectivity index (χ0v) is 12.9. The number of hydrogen-bond donors (Lipinski definition) is 2. The van der Waals surface area contributed by atoms with Gasteiger partial charge in [-0.3, -0.25) is 0 Å². The fourth-order valence-electron chi connectivity index (χ4n) is 3.87. The van der Waals surface area contributed by atoms with E-state index in [9.17, 15) is 0 Å². The molecule has 1 fully saturated rings. The number of ether oxygens (including phenoxy) is 1. The molecule has 3 heteroatoms. The normalized spacial score (nSPS) is 23.1. The van der Waals surface area contributed by atoms with Gasteiger partial charge in [0.05, 0.1) is 7.11 Å². The number of benzene rings is 2. The fraction of sp³-hybridized carbons (Fsp3) is 0.368. The Morgan fingerprint density at radius 1 is 1.00 bits per heavy atom. The highest BCUT2D eigenvalue weighted by atomic mass is 16.5. The molecule has 0 saturated carbocycles. The third-order valence-corrected chi connectivity index (χ3v) is 4.97. The van der Waals surface area contributed by atoms with Crippen LogP contribution in [0, 0.1) is 0 Å². The summed E-state index contributed by atoms with van der Waals surface area (Å²) in [6.45, 7) is 2.22. The van der Waals surface area contributed by atoms with Crippen molar-refractivity contribution in [2.45, 2.75) is 24.8 Å². The van der Waals surface area contributed by atoms with Gasteiger partial charge in [0.2, 0.25) is 0 Å². The van der Waals surface area contributed by atoms with Crippen molar-refractivity contribution in [3.05, 3.63) is 48.0 Å². The van der Waals surface area contributed by atoms with Crippen LogP contribution >= 0.6 is 0 Å². The molecule has 2 aromatic carbocycles. The topological polar surface area (TPSA) is 33.3 Å². The third kappa shape index (κ3) is 2.26. The molecule has 2 atom stereocenters. The summed E-state index contributed by atoms with van der Waals surface area (Å²) >= 11 is 0. The molecule has 2 aliphatic heterocycles. The SMILES string of the molecule is COc1ccc(-c2cccc3c2[C@@H]2CCNCC[C@@H]2N3)cc1. The van der Waals surface area contributed by atoms with Gasteiger partial charge in [-0.15, -0.1) is 0 Å². The Morgan fingerprint density at radius 3 is 2.64 bits per heavy atom.